The van der Waals surface area contributed by atoms with Crippen LogP contribution in [-0.4, -0.2) is 23.3 Å². The van der Waals surface area contributed by atoms with Gasteiger partial charge in [-0.3, -0.25) is 14.5 Å². The molecule has 0 saturated carbocycles. The second-order valence-electron chi connectivity index (χ2n) is 5.15. The minimum absolute atomic E-state index is 0.0349. The summed E-state index contributed by atoms with van der Waals surface area (Å²) in [4.78, 5) is 29.2. The van der Waals surface area contributed by atoms with Gasteiger partial charge in [0, 0.05) is 19.9 Å². The van der Waals surface area contributed by atoms with Crippen molar-refractivity contribution in [2.24, 2.45) is 5.11 Å². The van der Waals surface area contributed by atoms with Crippen molar-refractivity contribution in [2.75, 3.05) is 6.54 Å². The molecular formula is C17H14BrIN4O2. The molecule has 0 aromatic heterocycles. The average Bonchev–Trinajstić information content (AvgIpc) is 2.59. The van der Waals surface area contributed by atoms with Crippen LogP contribution in [0.25, 0.3) is 10.4 Å². The molecule has 0 aliphatic heterocycles. The number of rotatable bonds is 5. The Bertz CT molecular complexity index is 835. The zero-order valence-electron chi connectivity index (χ0n) is 13.3. The van der Waals surface area contributed by atoms with Gasteiger partial charge in [-0.05, 0) is 58.0 Å². The van der Waals surface area contributed by atoms with E-state index in [9.17, 15) is 9.59 Å². The number of amides is 2. The highest BCUT2D eigenvalue weighted by atomic mass is 127. The lowest BCUT2D eigenvalue weighted by Crippen LogP contribution is -2.40. The number of carbonyl (C=O) groups excluding carboxylic acids is 2. The molecule has 2 rings (SSSR count). The van der Waals surface area contributed by atoms with Gasteiger partial charge < -0.3 is 0 Å². The molecule has 0 heterocycles. The molecule has 0 saturated heterocycles. The molecule has 0 aliphatic carbocycles. The van der Waals surface area contributed by atoms with Crippen molar-refractivity contribution < 1.29 is 9.59 Å². The van der Waals surface area contributed by atoms with Gasteiger partial charge in [0.15, 0.2) is 0 Å². The predicted molar refractivity (Wildman–Crippen MR) is 107 cm³/mol. The van der Waals surface area contributed by atoms with Gasteiger partial charge in [0.25, 0.3) is 5.91 Å². The van der Waals surface area contributed by atoms with Crippen LogP contribution in [0.1, 0.15) is 28.9 Å². The summed E-state index contributed by atoms with van der Waals surface area (Å²) in [6.07, 6.45) is 0. The van der Waals surface area contributed by atoms with Crippen LogP contribution in [0.2, 0.25) is 0 Å². The van der Waals surface area contributed by atoms with Crippen LogP contribution < -0.4 is 0 Å². The highest BCUT2D eigenvalue weighted by molar-refractivity contribution is 14.1. The standard InChI is InChI=1S/C17H14BrIN4O2/c1-11(24)23(17(25)14-4-2-3-5-15(14)19)16(10-21-22-20)12-6-8-13(18)9-7-12/h2-9,16H,10H2,1H3. The summed E-state index contributed by atoms with van der Waals surface area (Å²) in [5, 5.41) is 3.59. The van der Waals surface area contributed by atoms with Crippen molar-refractivity contribution in [2.45, 2.75) is 13.0 Å². The zero-order valence-corrected chi connectivity index (χ0v) is 17.0. The SMILES string of the molecule is CC(=O)N(C(=O)c1ccccc1I)C(CN=[N+]=[N-])c1ccc(Br)cc1. The second-order valence-corrected chi connectivity index (χ2v) is 7.23. The number of hydrogen-bond acceptors (Lipinski definition) is 3. The van der Waals surface area contributed by atoms with E-state index in [1.54, 1.807) is 30.3 Å². The lowest BCUT2D eigenvalue weighted by molar-refractivity contribution is -0.128. The molecule has 0 spiro atoms. The first kappa shape index (κ1) is 19.4. The van der Waals surface area contributed by atoms with E-state index in [1.807, 2.05) is 18.2 Å². The predicted octanol–water partition coefficient (Wildman–Crippen LogP) is 5.09. The van der Waals surface area contributed by atoms with E-state index >= 15 is 0 Å². The van der Waals surface area contributed by atoms with Crippen LogP contribution in [0.15, 0.2) is 58.1 Å². The van der Waals surface area contributed by atoms with E-state index in [4.69, 9.17) is 5.53 Å². The number of hydrogen-bond donors (Lipinski definition) is 0. The first-order valence-electron chi connectivity index (χ1n) is 7.30. The summed E-state index contributed by atoms with van der Waals surface area (Å²) < 4.78 is 1.62. The third-order valence-electron chi connectivity index (χ3n) is 3.55. The Balaban J connectivity index is 2.50. The molecule has 0 aliphatic rings. The summed E-state index contributed by atoms with van der Waals surface area (Å²) in [6.45, 7) is 1.29. The zero-order chi connectivity index (χ0) is 18.4. The van der Waals surface area contributed by atoms with Crippen molar-refractivity contribution in [3.05, 3.63) is 78.1 Å². The molecule has 2 amide bonds. The van der Waals surface area contributed by atoms with Gasteiger partial charge in [-0.25, -0.2) is 0 Å². The fourth-order valence-electron chi connectivity index (χ4n) is 2.40. The summed E-state index contributed by atoms with van der Waals surface area (Å²) in [5.74, 6) is -0.829. The van der Waals surface area contributed by atoms with Gasteiger partial charge in [0.2, 0.25) is 5.91 Å². The number of carbonyl (C=O) groups is 2. The molecule has 0 radical (unpaired) electrons. The van der Waals surface area contributed by atoms with E-state index < -0.39 is 17.9 Å². The van der Waals surface area contributed by atoms with Crippen molar-refractivity contribution in [1.29, 1.82) is 0 Å². The fraction of sp³-hybridized carbons (Fsp3) is 0.176. The van der Waals surface area contributed by atoms with Crippen LogP contribution in [0.4, 0.5) is 0 Å². The Morgan fingerprint density at radius 3 is 2.44 bits per heavy atom. The van der Waals surface area contributed by atoms with Crippen LogP contribution >= 0.6 is 38.5 Å². The van der Waals surface area contributed by atoms with E-state index in [0.717, 1.165) is 12.9 Å². The van der Waals surface area contributed by atoms with Crippen molar-refractivity contribution in [3.8, 4) is 0 Å². The third-order valence-corrected chi connectivity index (χ3v) is 5.02. The van der Waals surface area contributed by atoms with Crippen molar-refractivity contribution in [1.82, 2.24) is 4.90 Å². The average molecular weight is 513 g/mol. The molecule has 8 heteroatoms. The Hall–Kier alpha value is -1.90. The highest BCUT2D eigenvalue weighted by Crippen LogP contribution is 2.26. The Morgan fingerprint density at radius 2 is 1.88 bits per heavy atom. The van der Waals surface area contributed by atoms with Crippen molar-refractivity contribution in [3.63, 3.8) is 0 Å². The molecule has 128 valence electrons. The highest BCUT2D eigenvalue weighted by Gasteiger charge is 2.30. The number of imide groups is 1. The fourth-order valence-corrected chi connectivity index (χ4v) is 3.29. The molecule has 0 bridgehead atoms. The number of azide groups is 1. The minimum Gasteiger partial charge on any atom is -0.275 e. The molecule has 0 N–H and O–H groups in total. The molecule has 25 heavy (non-hydrogen) atoms. The van der Waals surface area contributed by atoms with Crippen LogP contribution in [0.3, 0.4) is 0 Å². The van der Waals surface area contributed by atoms with Crippen LogP contribution in [-0.2, 0) is 4.79 Å². The van der Waals surface area contributed by atoms with Gasteiger partial charge in [-0.2, -0.15) is 0 Å². The van der Waals surface area contributed by atoms with Gasteiger partial charge >= 0.3 is 0 Å². The third kappa shape index (κ3) is 4.81. The summed E-state index contributed by atoms with van der Waals surface area (Å²) in [6, 6.07) is 13.6. The summed E-state index contributed by atoms with van der Waals surface area (Å²) in [5.41, 5.74) is 9.83. The minimum atomic E-state index is -0.676. The summed E-state index contributed by atoms with van der Waals surface area (Å²) >= 11 is 5.41. The Labute approximate surface area is 167 Å². The molecule has 6 nitrogen and oxygen atoms in total. The summed E-state index contributed by atoms with van der Waals surface area (Å²) in [7, 11) is 0. The monoisotopic (exact) mass is 512 g/mol. The van der Waals surface area contributed by atoms with Gasteiger partial charge in [0.1, 0.15) is 0 Å². The lowest BCUT2D eigenvalue weighted by Gasteiger charge is -2.29. The van der Waals surface area contributed by atoms with E-state index in [-0.39, 0.29) is 6.54 Å². The number of nitrogens with zero attached hydrogens (tertiary/aromatic N) is 4. The smallest absolute Gasteiger partial charge is 0.262 e. The van der Waals surface area contributed by atoms with E-state index in [0.29, 0.717) is 11.1 Å². The second kappa shape index (κ2) is 8.98. The Morgan fingerprint density at radius 1 is 1.24 bits per heavy atom. The van der Waals surface area contributed by atoms with Crippen LogP contribution in [0.5, 0.6) is 0 Å². The molecule has 2 aromatic rings. The lowest BCUT2D eigenvalue weighted by atomic mass is 10.0. The number of benzene rings is 2. The first-order chi connectivity index (χ1) is 12.0. The van der Waals surface area contributed by atoms with Gasteiger partial charge in [-0.1, -0.05) is 45.3 Å². The topological polar surface area (TPSA) is 86.1 Å². The maximum Gasteiger partial charge on any atom is 0.262 e. The maximum absolute atomic E-state index is 13.0. The largest absolute Gasteiger partial charge is 0.275 e. The van der Waals surface area contributed by atoms with Crippen LogP contribution in [0, 0.1) is 3.57 Å². The Kier molecular flexibility index (Phi) is 6.98. The molecule has 1 unspecified atom stereocenters. The quantitative estimate of drug-likeness (QED) is 0.242. The molecule has 1 atom stereocenters. The normalized spacial score (nSPS) is 11.3. The van der Waals surface area contributed by atoms with Gasteiger partial charge in [-0.15, -0.1) is 0 Å². The first-order valence-corrected chi connectivity index (χ1v) is 9.18. The van der Waals surface area contributed by atoms with E-state index in [2.05, 4.69) is 48.5 Å². The molecular weight excluding hydrogens is 499 g/mol. The van der Waals surface area contributed by atoms with Gasteiger partial charge in [0.05, 0.1) is 18.2 Å². The van der Waals surface area contributed by atoms with E-state index in [1.165, 1.54) is 6.92 Å². The molecule has 2 aromatic carbocycles. The maximum atomic E-state index is 13.0. The number of halogens is 2. The van der Waals surface area contributed by atoms with Crippen molar-refractivity contribution >= 4 is 50.3 Å². The molecule has 0 fully saturated rings.